The normalized spacial score (nSPS) is 18.9. The Morgan fingerprint density at radius 2 is 1.83 bits per heavy atom. The predicted molar refractivity (Wildman–Crippen MR) is 115 cm³/mol. The number of imidazole rings is 1. The number of hydrogen-bond acceptors (Lipinski definition) is 4. The molecular weight excluding hydrogens is 378 g/mol. The first-order chi connectivity index (χ1) is 14.6. The highest BCUT2D eigenvalue weighted by molar-refractivity contribution is 6.04. The molecule has 1 aromatic carbocycles. The summed E-state index contributed by atoms with van der Waals surface area (Å²) < 4.78 is 9.77. The number of para-hydroxylation sites is 1. The lowest BCUT2D eigenvalue weighted by atomic mass is 9.97. The van der Waals surface area contributed by atoms with Crippen LogP contribution >= 0.6 is 0 Å². The summed E-state index contributed by atoms with van der Waals surface area (Å²) in [7, 11) is 1.89. The molecule has 0 atom stereocenters. The highest BCUT2D eigenvalue weighted by Gasteiger charge is 2.30. The summed E-state index contributed by atoms with van der Waals surface area (Å²) in [5.41, 5.74) is 2.77. The van der Waals surface area contributed by atoms with Crippen LogP contribution in [-0.4, -0.2) is 56.4 Å². The maximum atomic E-state index is 13.2. The number of aryl methyl sites for hydroxylation is 2. The lowest BCUT2D eigenvalue weighted by Gasteiger charge is -2.35. The fourth-order valence-corrected chi connectivity index (χ4v) is 5.05. The molecule has 2 aromatic heterocycles. The van der Waals surface area contributed by atoms with E-state index in [1.165, 1.54) is 11.5 Å². The van der Waals surface area contributed by atoms with Gasteiger partial charge in [-0.15, -0.1) is 0 Å². The van der Waals surface area contributed by atoms with Gasteiger partial charge in [0.15, 0.2) is 5.69 Å². The SMILES string of the molecule is Cc1cnc(C2CCOCC2)n1C1CCN(C(=O)c2nn(C)c3ccccc23)CC1. The van der Waals surface area contributed by atoms with Gasteiger partial charge in [-0.2, -0.15) is 5.10 Å². The summed E-state index contributed by atoms with van der Waals surface area (Å²) >= 11 is 0. The maximum absolute atomic E-state index is 13.2. The van der Waals surface area contributed by atoms with Crippen LogP contribution in [0.25, 0.3) is 10.9 Å². The van der Waals surface area contributed by atoms with Crippen LogP contribution in [0.2, 0.25) is 0 Å². The number of carbonyl (C=O) groups is 1. The van der Waals surface area contributed by atoms with Gasteiger partial charge >= 0.3 is 0 Å². The monoisotopic (exact) mass is 407 g/mol. The van der Waals surface area contributed by atoms with Crippen LogP contribution in [0.15, 0.2) is 30.5 Å². The molecular formula is C23H29N5O2. The molecule has 2 fully saturated rings. The first kappa shape index (κ1) is 19.3. The molecule has 2 saturated heterocycles. The van der Waals surface area contributed by atoms with Crippen LogP contribution in [0.5, 0.6) is 0 Å². The van der Waals surface area contributed by atoms with Crippen molar-refractivity contribution in [1.82, 2.24) is 24.2 Å². The number of piperidine rings is 1. The number of benzene rings is 1. The Morgan fingerprint density at radius 3 is 2.60 bits per heavy atom. The molecule has 1 amide bonds. The minimum absolute atomic E-state index is 0.0391. The fraction of sp³-hybridized carbons (Fsp3) is 0.522. The van der Waals surface area contributed by atoms with Gasteiger partial charge in [-0.05, 0) is 38.7 Å². The fourth-order valence-electron chi connectivity index (χ4n) is 5.05. The Balaban J connectivity index is 1.32. The smallest absolute Gasteiger partial charge is 0.275 e. The van der Waals surface area contributed by atoms with E-state index >= 15 is 0 Å². The average Bonchev–Trinajstić information content (AvgIpc) is 3.34. The van der Waals surface area contributed by atoms with Crippen molar-refractivity contribution in [1.29, 1.82) is 0 Å². The molecule has 5 rings (SSSR count). The van der Waals surface area contributed by atoms with E-state index in [1.807, 2.05) is 42.4 Å². The molecule has 0 radical (unpaired) electrons. The molecule has 0 N–H and O–H groups in total. The number of fused-ring (bicyclic) bond motifs is 1. The molecule has 7 nitrogen and oxygen atoms in total. The highest BCUT2D eigenvalue weighted by Crippen LogP contribution is 2.33. The first-order valence-corrected chi connectivity index (χ1v) is 11.0. The van der Waals surface area contributed by atoms with Crippen molar-refractivity contribution in [2.75, 3.05) is 26.3 Å². The Kier molecular flexibility index (Phi) is 5.06. The largest absolute Gasteiger partial charge is 0.381 e. The zero-order valence-corrected chi connectivity index (χ0v) is 17.8. The number of nitrogens with zero attached hydrogens (tertiary/aromatic N) is 5. The van der Waals surface area contributed by atoms with E-state index in [1.54, 1.807) is 4.68 Å². The molecule has 2 aliphatic heterocycles. The van der Waals surface area contributed by atoms with Gasteiger partial charge in [-0.1, -0.05) is 18.2 Å². The number of hydrogen-bond donors (Lipinski definition) is 0. The van der Waals surface area contributed by atoms with Gasteiger partial charge in [0.1, 0.15) is 5.82 Å². The summed E-state index contributed by atoms with van der Waals surface area (Å²) in [6.07, 6.45) is 5.98. The molecule has 3 aromatic rings. The van der Waals surface area contributed by atoms with Crippen molar-refractivity contribution in [3.05, 3.63) is 47.7 Å². The number of ether oxygens (including phenoxy) is 1. The minimum atomic E-state index is 0.0391. The van der Waals surface area contributed by atoms with Crippen molar-refractivity contribution in [3.8, 4) is 0 Å². The van der Waals surface area contributed by atoms with Gasteiger partial charge < -0.3 is 14.2 Å². The van der Waals surface area contributed by atoms with Gasteiger partial charge in [0, 0.05) is 62.6 Å². The summed E-state index contributed by atoms with van der Waals surface area (Å²) in [5, 5.41) is 5.45. The van der Waals surface area contributed by atoms with E-state index in [2.05, 4.69) is 16.6 Å². The molecule has 2 aliphatic rings. The number of amides is 1. The van der Waals surface area contributed by atoms with Crippen LogP contribution in [0.1, 0.15) is 59.6 Å². The second-order valence-corrected chi connectivity index (χ2v) is 8.53. The Labute approximate surface area is 176 Å². The molecule has 0 unspecified atom stereocenters. The first-order valence-electron chi connectivity index (χ1n) is 11.0. The van der Waals surface area contributed by atoms with E-state index in [-0.39, 0.29) is 5.91 Å². The van der Waals surface area contributed by atoms with Crippen LogP contribution < -0.4 is 0 Å². The van der Waals surface area contributed by atoms with E-state index in [9.17, 15) is 4.79 Å². The quantitative estimate of drug-likeness (QED) is 0.667. The summed E-state index contributed by atoms with van der Waals surface area (Å²) in [6, 6.07) is 8.33. The van der Waals surface area contributed by atoms with Crippen LogP contribution in [0.3, 0.4) is 0 Å². The molecule has 158 valence electrons. The second-order valence-electron chi connectivity index (χ2n) is 8.53. The highest BCUT2D eigenvalue weighted by atomic mass is 16.5. The van der Waals surface area contributed by atoms with Crippen LogP contribution in [-0.2, 0) is 11.8 Å². The molecule has 0 spiro atoms. The van der Waals surface area contributed by atoms with Crippen molar-refractivity contribution in [2.24, 2.45) is 7.05 Å². The van der Waals surface area contributed by atoms with E-state index in [0.717, 1.165) is 62.9 Å². The molecule has 4 heterocycles. The topological polar surface area (TPSA) is 65.2 Å². The summed E-state index contributed by atoms with van der Waals surface area (Å²) in [5.74, 6) is 1.72. The summed E-state index contributed by atoms with van der Waals surface area (Å²) in [4.78, 5) is 19.9. The second kappa shape index (κ2) is 7.87. The third-order valence-electron chi connectivity index (χ3n) is 6.67. The minimum Gasteiger partial charge on any atom is -0.381 e. The molecule has 0 bridgehead atoms. The van der Waals surface area contributed by atoms with Crippen molar-refractivity contribution < 1.29 is 9.53 Å². The standard InChI is InChI=1S/C23H29N5O2/c1-16-15-24-22(17-9-13-30-14-10-17)28(16)18-7-11-27(12-8-18)23(29)21-19-5-3-4-6-20(19)26(2)25-21/h3-6,15,17-18H,7-14H2,1-2H3. The number of carbonyl (C=O) groups excluding carboxylic acids is 1. The Bertz CT molecular complexity index is 1050. The number of likely N-dealkylation sites (tertiary alicyclic amines) is 1. The van der Waals surface area contributed by atoms with Crippen LogP contribution in [0, 0.1) is 6.92 Å². The third kappa shape index (κ3) is 3.31. The van der Waals surface area contributed by atoms with E-state index in [0.29, 0.717) is 17.7 Å². The molecule has 0 saturated carbocycles. The zero-order chi connectivity index (χ0) is 20.7. The van der Waals surface area contributed by atoms with Crippen molar-refractivity contribution in [2.45, 2.75) is 44.6 Å². The number of rotatable bonds is 3. The zero-order valence-electron chi connectivity index (χ0n) is 17.8. The van der Waals surface area contributed by atoms with Gasteiger partial charge in [0.25, 0.3) is 5.91 Å². The Morgan fingerprint density at radius 1 is 1.10 bits per heavy atom. The van der Waals surface area contributed by atoms with E-state index in [4.69, 9.17) is 9.72 Å². The summed E-state index contributed by atoms with van der Waals surface area (Å²) in [6.45, 7) is 5.29. The molecule has 30 heavy (non-hydrogen) atoms. The maximum Gasteiger partial charge on any atom is 0.275 e. The van der Waals surface area contributed by atoms with Gasteiger partial charge in [-0.3, -0.25) is 9.48 Å². The Hall–Kier alpha value is -2.67. The van der Waals surface area contributed by atoms with Gasteiger partial charge in [-0.25, -0.2) is 4.98 Å². The predicted octanol–water partition coefficient (Wildman–Crippen LogP) is 3.45. The molecule has 0 aliphatic carbocycles. The lowest BCUT2D eigenvalue weighted by Crippen LogP contribution is -2.40. The molecule has 7 heteroatoms. The lowest BCUT2D eigenvalue weighted by molar-refractivity contribution is 0.0678. The number of aromatic nitrogens is 4. The average molecular weight is 408 g/mol. The van der Waals surface area contributed by atoms with Gasteiger partial charge in [0.05, 0.1) is 5.52 Å². The van der Waals surface area contributed by atoms with E-state index < -0.39 is 0 Å². The van der Waals surface area contributed by atoms with Gasteiger partial charge in [0.2, 0.25) is 0 Å². The van der Waals surface area contributed by atoms with Crippen molar-refractivity contribution in [3.63, 3.8) is 0 Å². The third-order valence-corrected chi connectivity index (χ3v) is 6.67. The van der Waals surface area contributed by atoms with Crippen molar-refractivity contribution >= 4 is 16.8 Å². The van der Waals surface area contributed by atoms with Crippen LogP contribution in [0.4, 0.5) is 0 Å².